The number of Topliss-reactive ketones (excluding diaryl/α,β-unsaturated/α-hetero) is 1. The first-order valence-electron chi connectivity index (χ1n) is 11.1. The Labute approximate surface area is 188 Å². The van der Waals surface area contributed by atoms with E-state index < -0.39 is 17.5 Å². The van der Waals surface area contributed by atoms with Gasteiger partial charge in [0.25, 0.3) is 5.91 Å². The summed E-state index contributed by atoms with van der Waals surface area (Å²) >= 11 is 0. The lowest BCUT2D eigenvalue weighted by atomic mass is 9.89. The van der Waals surface area contributed by atoms with Crippen LogP contribution in [0.25, 0.3) is 0 Å². The molecule has 1 fully saturated rings. The van der Waals surface area contributed by atoms with Gasteiger partial charge in [0, 0.05) is 24.1 Å². The van der Waals surface area contributed by atoms with Crippen LogP contribution in [0.4, 0.5) is 4.79 Å². The van der Waals surface area contributed by atoms with Gasteiger partial charge in [0.1, 0.15) is 5.54 Å². The fourth-order valence-corrected chi connectivity index (χ4v) is 5.20. The molecule has 170 valence electrons. The van der Waals surface area contributed by atoms with Crippen molar-refractivity contribution in [3.8, 4) is 0 Å². The Bertz CT molecular complexity index is 1100. The quantitative estimate of drug-likeness (QED) is 0.531. The van der Waals surface area contributed by atoms with Crippen molar-refractivity contribution in [1.29, 1.82) is 0 Å². The van der Waals surface area contributed by atoms with Gasteiger partial charge in [-0.2, -0.15) is 0 Å². The van der Waals surface area contributed by atoms with Crippen molar-refractivity contribution in [1.82, 2.24) is 14.8 Å². The first-order valence-corrected chi connectivity index (χ1v) is 11.1. The van der Waals surface area contributed by atoms with E-state index in [0.29, 0.717) is 12.2 Å². The van der Waals surface area contributed by atoms with Gasteiger partial charge in [-0.05, 0) is 69.7 Å². The highest BCUT2D eigenvalue weighted by atomic mass is 16.5. The zero-order valence-electron chi connectivity index (χ0n) is 19.4. The van der Waals surface area contributed by atoms with Crippen molar-refractivity contribution >= 4 is 17.7 Å². The van der Waals surface area contributed by atoms with E-state index in [-0.39, 0.29) is 18.4 Å². The number of amides is 3. The number of hydrogen-bond acceptors (Lipinski definition) is 4. The summed E-state index contributed by atoms with van der Waals surface area (Å²) in [6.45, 7) is 7.80. The Morgan fingerprint density at radius 3 is 2.62 bits per heavy atom. The number of aromatic nitrogens is 1. The molecule has 1 aliphatic carbocycles. The summed E-state index contributed by atoms with van der Waals surface area (Å²) in [5, 5.41) is 2.82. The van der Waals surface area contributed by atoms with Crippen LogP contribution in [0.5, 0.6) is 0 Å². The van der Waals surface area contributed by atoms with Crippen LogP contribution in [0.15, 0.2) is 24.3 Å². The molecule has 7 nitrogen and oxygen atoms in total. The average Bonchev–Trinajstić information content (AvgIpc) is 3.39. The molecule has 1 aliphatic heterocycles. The van der Waals surface area contributed by atoms with Crippen LogP contribution in [-0.4, -0.2) is 47.4 Å². The molecule has 0 spiro atoms. The van der Waals surface area contributed by atoms with Gasteiger partial charge in [0.2, 0.25) is 0 Å². The predicted molar refractivity (Wildman–Crippen MR) is 121 cm³/mol. The fourth-order valence-electron chi connectivity index (χ4n) is 5.20. The summed E-state index contributed by atoms with van der Waals surface area (Å²) in [6, 6.07) is 7.35. The second-order valence-electron chi connectivity index (χ2n) is 9.17. The monoisotopic (exact) mass is 437 g/mol. The molecule has 0 bridgehead atoms. The van der Waals surface area contributed by atoms with Crippen molar-refractivity contribution in [3.63, 3.8) is 0 Å². The summed E-state index contributed by atoms with van der Waals surface area (Å²) in [5.74, 6) is -0.647. The van der Waals surface area contributed by atoms with Crippen molar-refractivity contribution in [2.45, 2.75) is 58.5 Å². The summed E-state index contributed by atoms with van der Waals surface area (Å²) in [4.78, 5) is 40.3. The predicted octanol–water partition coefficient (Wildman–Crippen LogP) is 3.45. The lowest BCUT2D eigenvalue weighted by molar-refractivity contribution is -0.130. The maximum atomic E-state index is 13.3. The number of ether oxygens (including phenoxy) is 1. The molecule has 1 N–H and O–H groups in total. The lowest BCUT2D eigenvalue weighted by Crippen LogP contribution is -2.41. The number of methoxy groups -OCH3 is 1. The number of hydrogen-bond donors (Lipinski definition) is 1. The number of ketones is 1. The molecule has 2 heterocycles. The Morgan fingerprint density at radius 1 is 1.19 bits per heavy atom. The third kappa shape index (κ3) is 3.54. The van der Waals surface area contributed by atoms with E-state index in [2.05, 4.69) is 9.88 Å². The Morgan fingerprint density at radius 2 is 1.91 bits per heavy atom. The second kappa shape index (κ2) is 8.20. The molecule has 3 amide bonds. The van der Waals surface area contributed by atoms with E-state index in [1.54, 1.807) is 14.0 Å². The topological polar surface area (TPSA) is 80.6 Å². The summed E-state index contributed by atoms with van der Waals surface area (Å²) in [6.07, 6.45) is 3.15. The van der Waals surface area contributed by atoms with Crippen LogP contribution < -0.4 is 5.32 Å². The van der Waals surface area contributed by atoms with E-state index >= 15 is 0 Å². The number of carbonyl (C=O) groups excluding carboxylic acids is 3. The smallest absolute Gasteiger partial charge is 0.325 e. The van der Waals surface area contributed by atoms with E-state index in [4.69, 9.17) is 4.74 Å². The molecule has 2 aromatic rings. The summed E-state index contributed by atoms with van der Waals surface area (Å²) in [5.41, 5.74) is 4.41. The Hall–Kier alpha value is -2.93. The molecular formula is C25H31N3O4. The van der Waals surface area contributed by atoms with E-state index in [0.717, 1.165) is 41.1 Å². The number of nitrogens with one attached hydrogen (secondary N) is 1. The molecule has 4 rings (SSSR count). The van der Waals surface area contributed by atoms with Crippen LogP contribution in [0.1, 0.15) is 64.7 Å². The van der Waals surface area contributed by atoms with Gasteiger partial charge in [-0.3, -0.25) is 14.5 Å². The molecule has 7 heteroatoms. The largest absolute Gasteiger partial charge is 0.383 e. The minimum absolute atomic E-state index is 0.0707. The standard InChI is InChI=1S/C25H31N3O4/c1-15-11-21(17(3)28(15)16(2)14-32-5)22(29)13-27-23(30)25(4,26-24(27)31)20-10-9-18-7-6-8-19(18)12-20/h9-12,16H,6-8,13-14H2,1-5H3,(H,26,31)/t16-,25+/m1/s1. The summed E-state index contributed by atoms with van der Waals surface area (Å²) < 4.78 is 7.31. The average molecular weight is 438 g/mol. The lowest BCUT2D eigenvalue weighted by Gasteiger charge is -2.23. The number of carbonyl (C=O) groups is 3. The summed E-state index contributed by atoms with van der Waals surface area (Å²) in [7, 11) is 1.65. The van der Waals surface area contributed by atoms with Gasteiger partial charge >= 0.3 is 6.03 Å². The molecule has 0 saturated carbocycles. The first-order chi connectivity index (χ1) is 15.2. The zero-order chi connectivity index (χ0) is 23.2. The van der Waals surface area contributed by atoms with Crippen LogP contribution in [-0.2, 0) is 27.9 Å². The van der Waals surface area contributed by atoms with Crippen LogP contribution in [0, 0.1) is 13.8 Å². The van der Waals surface area contributed by atoms with Gasteiger partial charge < -0.3 is 14.6 Å². The highest BCUT2D eigenvalue weighted by Crippen LogP contribution is 2.33. The molecule has 32 heavy (non-hydrogen) atoms. The van der Waals surface area contributed by atoms with Gasteiger partial charge in [-0.15, -0.1) is 0 Å². The Balaban J connectivity index is 1.57. The van der Waals surface area contributed by atoms with E-state index in [1.165, 1.54) is 11.1 Å². The van der Waals surface area contributed by atoms with Crippen LogP contribution in [0.3, 0.4) is 0 Å². The van der Waals surface area contributed by atoms with Crippen LogP contribution >= 0.6 is 0 Å². The number of urea groups is 1. The molecule has 0 unspecified atom stereocenters. The van der Waals surface area contributed by atoms with Crippen molar-refractivity contribution in [2.24, 2.45) is 0 Å². The van der Waals surface area contributed by atoms with Gasteiger partial charge in [0.15, 0.2) is 5.78 Å². The Kier molecular flexibility index (Phi) is 5.71. The molecule has 2 aliphatic rings. The SMILES string of the molecule is COC[C@@H](C)n1c(C)cc(C(=O)CN2C(=O)N[C@@](C)(c3ccc4c(c3)CCC4)C2=O)c1C. The molecule has 2 atom stereocenters. The molecular weight excluding hydrogens is 406 g/mol. The normalized spacial score (nSPS) is 21.1. The minimum Gasteiger partial charge on any atom is -0.383 e. The van der Waals surface area contributed by atoms with Crippen LogP contribution in [0.2, 0.25) is 0 Å². The zero-order valence-corrected chi connectivity index (χ0v) is 19.4. The van der Waals surface area contributed by atoms with Crippen molar-refractivity contribution in [3.05, 3.63) is 57.9 Å². The fraction of sp³-hybridized carbons (Fsp3) is 0.480. The van der Waals surface area contributed by atoms with Crippen molar-refractivity contribution in [2.75, 3.05) is 20.3 Å². The van der Waals surface area contributed by atoms with Gasteiger partial charge in [0.05, 0.1) is 19.2 Å². The maximum Gasteiger partial charge on any atom is 0.325 e. The number of imide groups is 1. The highest BCUT2D eigenvalue weighted by molar-refractivity contribution is 6.11. The maximum absolute atomic E-state index is 13.3. The number of aryl methyl sites for hydroxylation is 3. The molecule has 1 saturated heterocycles. The minimum atomic E-state index is -1.17. The number of benzene rings is 1. The van der Waals surface area contributed by atoms with E-state index in [1.807, 2.05) is 45.0 Å². The third-order valence-electron chi connectivity index (χ3n) is 6.89. The highest BCUT2D eigenvalue weighted by Gasteiger charge is 2.49. The number of nitrogens with zero attached hydrogens (tertiary/aromatic N) is 2. The van der Waals surface area contributed by atoms with Crippen molar-refractivity contribution < 1.29 is 19.1 Å². The number of rotatable bonds is 7. The first kappa shape index (κ1) is 22.3. The van der Waals surface area contributed by atoms with Gasteiger partial charge in [-0.1, -0.05) is 18.2 Å². The number of fused-ring (bicyclic) bond motifs is 1. The molecule has 0 radical (unpaired) electrons. The van der Waals surface area contributed by atoms with E-state index in [9.17, 15) is 14.4 Å². The second-order valence-corrected chi connectivity index (χ2v) is 9.17. The van der Waals surface area contributed by atoms with Gasteiger partial charge in [-0.25, -0.2) is 4.79 Å². The third-order valence-corrected chi connectivity index (χ3v) is 6.89. The molecule has 1 aromatic carbocycles. The molecule has 1 aromatic heterocycles.